The van der Waals surface area contributed by atoms with Crippen LogP contribution in [0.15, 0.2) is 78.9 Å². The van der Waals surface area contributed by atoms with Crippen molar-refractivity contribution in [1.29, 1.82) is 0 Å². The fraction of sp³-hybridized carbons (Fsp3) is 0.100. The standard InChI is InChI=1S/C30H24Cl2O2Si/c1-35(2,3)30-25(31)15-20(16-26(30)32)24-13-12-18-8-4-6-10-22(18)27(24)28-23-11-7-5-9-19(23)14-21(17-33)29(28)34/h4-17,34H,1-3H3. The SMILES string of the molecule is C[Si](C)(C)c1c(Cl)cc(-c2ccc3ccccc3c2-c2c(O)c(C=O)cc3ccccc23)cc1Cl. The molecule has 35 heavy (non-hydrogen) atoms. The third kappa shape index (κ3) is 4.04. The first-order valence-corrected chi connectivity index (χ1v) is 15.7. The van der Waals surface area contributed by atoms with Crippen LogP contribution in [0.1, 0.15) is 10.4 Å². The topological polar surface area (TPSA) is 37.3 Å². The molecule has 0 atom stereocenters. The van der Waals surface area contributed by atoms with Crippen LogP contribution >= 0.6 is 23.2 Å². The molecule has 0 bridgehead atoms. The van der Waals surface area contributed by atoms with Crippen molar-refractivity contribution in [3.05, 3.63) is 94.5 Å². The molecule has 0 aliphatic carbocycles. The fourth-order valence-corrected chi connectivity index (χ4v) is 8.69. The average molecular weight is 516 g/mol. The van der Waals surface area contributed by atoms with E-state index >= 15 is 0 Å². The summed E-state index contributed by atoms with van der Waals surface area (Å²) in [7, 11) is -1.77. The van der Waals surface area contributed by atoms with Crippen LogP contribution in [0.25, 0.3) is 43.8 Å². The van der Waals surface area contributed by atoms with E-state index in [-0.39, 0.29) is 11.3 Å². The number of aldehydes is 1. The number of fused-ring (bicyclic) bond motifs is 2. The van der Waals surface area contributed by atoms with Crippen LogP contribution in [0.3, 0.4) is 0 Å². The highest BCUT2D eigenvalue weighted by molar-refractivity contribution is 6.91. The molecule has 0 amide bonds. The zero-order valence-electron chi connectivity index (χ0n) is 19.7. The summed E-state index contributed by atoms with van der Waals surface area (Å²) >= 11 is 13.6. The molecule has 5 aromatic carbocycles. The molecular weight excluding hydrogens is 491 g/mol. The first kappa shape index (κ1) is 23.6. The number of hydrogen-bond acceptors (Lipinski definition) is 2. The van der Waals surface area contributed by atoms with E-state index in [4.69, 9.17) is 23.2 Å². The minimum absolute atomic E-state index is 0.0350. The normalized spacial score (nSPS) is 11.8. The number of carbonyl (C=O) groups is 1. The van der Waals surface area contributed by atoms with Crippen molar-refractivity contribution in [3.8, 4) is 28.0 Å². The van der Waals surface area contributed by atoms with Gasteiger partial charge in [-0.15, -0.1) is 0 Å². The highest BCUT2D eigenvalue weighted by Gasteiger charge is 2.25. The van der Waals surface area contributed by atoms with E-state index in [0.717, 1.165) is 43.4 Å². The number of hydrogen-bond donors (Lipinski definition) is 1. The van der Waals surface area contributed by atoms with E-state index in [0.29, 0.717) is 21.9 Å². The molecule has 174 valence electrons. The Morgan fingerprint density at radius 1 is 0.743 bits per heavy atom. The highest BCUT2D eigenvalue weighted by atomic mass is 35.5. The van der Waals surface area contributed by atoms with E-state index in [1.165, 1.54) is 0 Å². The predicted octanol–water partition coefficient (Wildman–Crippen LogP) is 8.70. The van der Waals surface area contributed by atoms with Crippen LogP contribution in [-0.4, -0.2) is 19.5 Å². The summed E-state index contributed by atoms with van der Waals surface area (Å²) in [6, 6.07) is 25.6. The number of benzene rings is 5. The molecule has 0 saturated heterocycles. The number of carbonyl (C=O) groups excluding carboxylic acids is 1. The van der Waals surface area contributed by atoms with Gasteiger partial charge in [0.15, 0.2) is 6.29 Å². The molecule has 0 fully saturated rings. The summed E-state index contributed by atoms with van der Waals surface area (Å²) < 4.78 is 0. The van der Waals surface area contributed by atoms with Crippen LogP contribution in [0.2, 0.25) is 29.7 Å². The second-order valence-electron chi connectivity index (χ2n) is 9.80. The Morgan fingerprint density at radius 2 is 1.31 bits per heavy atom. The van der Waals surface area contributed by atoms with Gasteiger partial charge in [-0.25, -0.2) is 0 Å². The minimum Gasteiger partial charge on any atom is -0.507 e. The van der Waals surface area contributed by atoms with Gasteiger partial charge in [-0.05, 0) is 56.1 Å². The Balaban J connectivity index is 1.94. The van der Waals surface area contributed by atoms with Crippen LogP contribution in [-0.2, 0) is 0 Å². The lowest BCUT2D eigenvalue weighted by Crippen LogP contribution is -2.39. The van der Waals surface area contributed by atoms with Gasteiger partial charge in [-0.1, -0.05) is 104 Å². The molecule has 5 heteroatoms. The second kappa shape index (κ2) is 8.83. The first-order chi connectivity index (χ1) is 16.7. The predicted molar refractivity (Wildman–Crippen MR) is 152 cm³/mol. The smallest absolute Gasteiger partial charge is 0.153 e. The van der Waals surface area contributed by atoms with E-state index in [2.05, 4.69) is 25.7 Å². The minimum atomic E-state index is -1.77. The molecule has 0 spiro atoms. The molecule has 0 saturated carbocycles. The van der Waals surface area contributed by atoms with Gasteiger partial charge in [-0.2, -0.15) is 0 Å². The summed E-state index contributed by atoms with van der Waals surface area (Å²) in [4.78, 5) is 11.9. The Bertz CT molecular complexity index is 1610. The largest absolute Gasteiger partial charge is 0.507 e. The maximum absolute atomic E-state index is 11.9. The van der Waals surface area contributed by atoms with Crippen molar-refractivity contribution < 1.29 is 9.90 Å². The van der Waals surface area contributed by atoms with Crippen molar-refractivity contribution in [2.75, 3.05) is 0 Å². The van der Waals surface area contributed by atoms with Gasteiger partial charge in [0.25, 0.3) is 0 Å². The van der Waals surface area contributed by atoms with E-state index < -0.39 is 8.07 Å². The molecule has 5 aromatic rings. The molecule has 0 aliphatic rings. The lowest BCUT2D eigenvalue weighted by Gasteiger charge is -2.22. The zero-order valence-corrected chi connectivity index (χ0v) is 22.2. The number of halogens is 2. The third-order valence-corrected chi connectivity index (χ3v) is 9.41. The Labute approximate surface area is 215 Å². The molecule has 0 unspecified atom stereocenters. The fourth-order valence-electron chi connectivity index (χ4n) is 4.93. The maximum Gasteiger partial charge on any atom is 0.153 e. The van der Waals surface area contributed by atoms with Gasteiger partial charge in [0, 0.05) is 21.2 Å². The van der Waals surface area contributed by atoms with Gasteiger partial charge in [0.2, 0.25) is 0 Å². The van der Waals surface area contributed by atoms with Crippen molar-refractivity contribution in [2.45, 2.75) is 19.6 Å². The molecule has 0 radical (unpaired) electrons. The average Bonchev–Trinajstić information content (AvgIpc) is 2.82. The van der Waals surface area contributed by atoms with Gasteiger partial charge in [0.1, 0.15) is 5.75 Å². The quantitative estimate of drug-likeness (QED) is 0.192. The maximum atomic E-state index is 11.9. The van der Waals surface area contributed by atoms with Gasteiger partial charge in [-0.3, -0.25) is 4.79 Å². The molecule has 2 nitrogen and oxygen atoms in total. The van der Waals surface area contributed by atoms with E-state index in [1.807, 2.05) is 66.7 Å². The zero-order chi connectivity index (χ0) is 24.9. The Kier molecular flexibility index (Phi) is 5.96. The van der Waals surface area contributed by atoms with Gasteiger partial charge >= 0.3 is 0 Å². The molecule has 0 aromatic heterocycles. The Hall–Kier alpha value is -3.11. The van der Waals surface area contributed by atoms with Crippen molar-refractivity contribution in [3.63, 3.8) is 0 Å². The number of phenolic OH excluding ortho intramolecular Hbond substituents is 1. The summed E-state index contributed by atoms with van der Waals surface area (Å²) in [6.07, 6.45) is 0.701. The molecule has 5 rings (SSSR count). The highest BCUT2D eigenvalue weighted by Crippen LogP contribution is 2.47. The van der Waals surface area contributed by atoms with Crippen LogP contribution in [0.5, 0.6) is 5.75 Å². The summed E-state index contributed by atoms with van der Waals surface area (Å²) in [6.45, 7) is 6.66. The first-order valence-electron chi connectivity index (χ1n) is 11.4. The van der Waals surface area contributed by atoms with Crippen LogP contribution < -0.4 is 5.19 Å². The second-order valence-corrected chi connectivity index (χ2v) is 15.6. The summed E-state index contributed by atoms with van der Waals surface area (Å²) in [5, 5.41) is 17.4. The third-order valence-electron chi connectivity index (χ3n) is 6.46. The van der Waals surface area contributed by atoms with Gasteiger partial charge < -0.3 is 5.11 Å². The molecular formula is C30H24Cl2O2Si. The summed E-state index contributed by atoms with van der Waals surface area (Å²) in [5.74, 6) is -0.0350. The van der Waals surface area contributed by atoms with Crippen molar-refractivity contribution >= 4 is 64.3 Å². The van der Waals surface area contributed by atoms with Gasteiger partial charge in [0.05, 0.1) is 13.6 Å². The number of aromatic hydroxyl groups is 1. The lowest BCUT2D eigenvalue weighted by molar-refractivity contribution is 0.112. The Morgan fingerprint density at radius 3 is 1.91 bits per heavy atom. The van der Waals surface area contributed by atoms with E-state index in [9.17, 15) is 9.90 Å². The number of rotatable bonds is 4. The van der Waals surface area contributed by atoms with Crippen molar-refractivity contribution in [2.24, 2.45) is 0 Å². The van der Waals surface area contributed by atoms with Crippen LogP contribution in [0.4, 0.5) is 0 Å². The molecule has 0 aliphatic heterocycles. The number of phenols is 1. The van der Waals surface area contributed by atoms with E-state index in [1.54, 1.807) is 6.07 Å². The van der Waals surface area contributed by atoms with Crippen molar-refractivity contribution in [1.82, 2.24) is 0 Å². The van der Waals surface area contributed by atoms with Crippen LogP contribution in [0, 0.1) is 0 Å². The molecule has 1 N–H and O–H groups in total. The lowest BCUT2D eigenvalue weighted by atomic mass is 9.86. The summed E-state index contributed by atoms with van der Waals surface area (Å²) in [5.41, 5.74) is 3.47. The monoisotopic (exact) mass is 514 g/mol. The molecule has 0 heterocycles.